The molecule has 9 nitrogen and oxygen atoms in total. The number of aromatic amines is 2. The van der Waals surface area contributed by atoms with Crippen LogP contribution in [-0.4, -0.2) is 41.0 Å². The van der Waals surface area contributed by atoms with E-state index in [9.17, 15) is 4.79 Å². The third-order valence-corrected chi connectivity index (χ3v) is 6.03. The van der Waals surface area contributed by atoms with Crippen LogP contribution in [0.2, 0.25) is 0 Å². The predicted octanol–water partition coefficient (Wildman–Crippen LogP) is 5.61. The number of amides is 1. The highest BCUT2D eigenvalue weighted by Gasteiger charge is 2.17. The highest BCUT2D eigenvalue weighted by atomic mass is 16.1. The number of pyridine rings is 3. The molecule has 0 radical (unpaired) electrons. The first-order valence-electron chi connectivity index (χ1n) is 12.0. The van der Waals surface area contributed by atoms with Crippen molar-refractivity contribution in [1.82, 2.24) is 35.1 Å². The number of imidazole rings is 1. The van der Waals surface area contributed by atoms with Crippen molar-refractivity contribution in [2.75, 3.05) is 5.32 Å². The second-order valence-corrected chi connectivity index (χ2v) is 9.30. The number of nitrogens with one attached hydrogen (secondary N) is 3. The van der Waals surface area contributed by atoms with E-state index in [1.54, 1.807) is 18.6 Å². The van der Waals surface area contributed by atoms with E-state index in [-0.39, 0.29) is 11.8 Å². The fraction of sp³-hybridized carbons (Fsp3) is 0.143. The molecule has 0 atom stereocenters. The molecule has 182 valence electrons. The first kappa shape index (κ1) is 22.5. The lowest BCUT2D eigenvalue weighted by Crippen LogP contribution is -2.14. The van der Waals surface area contributed by atoms with Gasteiger partial charge in [0, 0.05) is 41.7 Å². The average molecular weight is 489 g/mol. The van der Waals surface area contributed by atoms with Crippen LogP contribution in [0.3, 0.4) is 0 Å². The number of H-pyrrole nitrogens is 2. The molecule has 5 aromatic heterocycles. The molecule has 37 heavy (non-hydrogen) atoms. The van der Waals surface area contributed by atoms with Crippen molar-refractivity contribution in [2.24, 2.45) is 5.92 Å². The molecule has 0 spiro atoms. The quantitative estimate of drug-likeness (QED) is 0.280. The van der Waals surface area contributed by atoms with Crippen LogP contribution in [0.15, 0.2) is 73.3 Å². The van der Waals surface area contributed by atoms with E-state index >= 15 is 0 Å². The van der Waals surface area contributed by atoms with Gasteiger partial charge in [0.25, 0.3) is 0 Å². The van der Waals surface area contributed by atoms with Gasteiger partial charge in [-0.2, -0.15) is 5.10 Å². The normalized spacial score (nSPS) is 11.4. The highest BCUT2D eigenvalue weighted by Crippen LogP contribution is 2.31. The SMILES string of the molecule is CC(C)CC(=O)Nc1cncc(-c2ccc3[nH]nc(-c4nc5c(-c6cccnc6)cccc5[nH]4)c3n2)c1. The summed E-state index contributed by atoms with van der Waals surface area (Å²) in [7, 11) is 0. The molecule has 6 aromatic rings. The average Bonchev–Trinajstić information content (AvgIpc) is 3.52. The Morgan fingerprint density at radius 3 is 2.65 bits per heavy atom. The van der Waals surface area contributed by atoms with Crippen molar-refractivity contribution < 1.29 is 4.79 Å². The topological polar surface area (TPSA) is 125 Å². The summed E-state index contributed by atoms with van der Waals surface area (Å²) in [5.41, 5.74) is 7.97. The molecule has 6 rings (SSSR count). The molecule has 0 unspecified atom stereocenters. The van der Waals surface area contributed by atoms with Gasteiger partial charge in [-0.05, 0) is 36.2 Å². The number of para-hydroxylation sites is 1. The van der Waals surface area contributed by atoms with Crippen molar-refractivity contribution in [3.8, 4) is 33.9 Å². The van der Waals surface area contributed by atoms with Crippen molar-refractivity contribution in [2.45, 2.75) is 20.3 Å². The van der Waals surface area contributed by atoms with E-state index in [4.69, 9.17) is 9.97 Å². The van der Waals surface area contributed by atoms with Crippen LogP contribution in [-0.2, 0) is 4.79 Å². The number of rotatable bonds is 6. The van der Waals surface area contributed by atoms with Gasteiger partial charge in [-0.15, -0.1) is 0 Å². The Morgan fingerprint density at radius 2 is 1.81 bits per heavy atom. The molecular weight excluding hydrogens is 464 g/mol. The summed E-state index contributed by atoms with van der Waals surface area (Å²) in [6, 6.07) is 15.6. The van der Waals surface area contributed by atoms with Gasteiger partial charge < -0.3 is 10.3 Å². The lowest BCUT2D eigenvalue weighted by Gasteiger charge is -2.08. The summed E-state index contributed by atoms with van der Waals surface area (Å²) in [6.45, 7) is 4.02. The van der Waals surface area contributed by atoms with Crippen LogP contribution >= 0.6 is 0 Å². The molecule has 0 saturated carbocycles. The van der Waals surface area contributed by atoms with Crippen LogP contribution < -0.4 is 5.32 Å². The van der Waals surface area contributed by atoms with E-state index in [1.807, 2.05) is 68.6 Å². The fourth-order valence-electron chi connectivity index (χ4n) is 4.36. The zero-order valence-electron chi connectivity index (χ0n) is 20.4. The van der Waals surface area contributed by atoms with Gasteiger partial charge >= 0.3 is 0 Å². The zero-order valence-corrected chi connectivity index (χ0v) is 20.4. The monoisotopic (exact) mass is 488 g/mol. The van der Waals surface area contributed by atoms with Crippen LogP contribution in [0.5, 0.6) is 0 Å². The number of hydrogen-bond acceptors (Lipinski definition) is 6. The Balaban J connectivity index is 1.38. The van der Waals surface area contributed by atoms with E-state index < -0.39 is 0 Å². The number of carbonyl (C=O) groups excluding carboxylic acids is 1. The molecule has 9 heteroatoms. The summed E-state index contributed by atoms with van der Waals surface area (Å²) in [5, 5.41) is 10.5. The maximum atomic E-state index is 12.2. The van der Waals surface area contributed by atoms with Crippen LogP contribution in [0.4, 0.5) is 5.69 Å². The van der Waals surface area contributed by atoms with Crippen molar-refractivity contribution in [3.63, 3.8) is 0 Å². The Kier molecular flexibility index (Phi) is 5.65. The van der Waals surface area contributed by atoms with Crippen LogP contribution in [0.25, 0.3) is 56.0 Å². The number of fused-ring (bicyclic) bond motifs is 2. The summed E-state index contributed by atoms with van der Waals surface area (Å²) in [4.78, 5) is 33.9. The number of hydrogen-bond donors (Lipinski definition) is 3. The van der Waals surface area contributed by atoms with Gasteiger partial charge in [0.2, 0.25) is 5.91 Å². The molecule has 0 bridgehead atoms. The fourth-order valence-corrected chi connectivity index (χ4v) is 4.36. The number of carbonyl (C=O) groups is 1. The molecule has 0 aliphatic carbocycles. The van der Waals surface area contributed by atoms with Crippen LogP contribution in [0.1, 0.15) is 20.3 Å². The molecule has 1 amide bonds. The van der Waals surface area contributed by atoms with Crippen LogP contribution in [0, 0.1) is 5.92 Å². The summed E-state index contributed by atoms with van der Waals surface area (Å²) < 4.78 is 0. The molecule has 5 heterocycles. The van der Waals surface area contributed by atoms with E-state index in [0.717, 1.165) is 38.9 Å². The zero-order chi connectivity index (χ0) is 25.4. The standard InChI is InChI=1S/C28H24N8O/c1-16(2)11-24(37)31-19-12-18(14-30-15-19)21-8-9-23-26(32-21)27(36-35-23)28-33-22-7-3-6-20(25(22)34-28)17-5-4-10-29-13-17/h3-10,12-16H,11H2,1-2H3,(H,31,37)(H,33,34)(H,35,36). The number of benzene rings is 1. The second-order valence-electron chi connectivity index (χ2n) is 9.30. The summed E-state index contributed by atoms with van der Waals surface area (Å²) in [6.07, 6.45) is 7.40. The molecule has 0 aliphatic rings. The number of anilines is 1. The minimum absolute atomic E-state index is 0.0370. The first-order chi connectivity index (χ1) is 18.0. The van der Waals surface area contributed by atoms with Crippen molar-refractivity contribution in [1.29, 1.82) is 0 Å². The molecule has 0 saturated heterocycles. The first-order valence-corrected chi connectivity index (χ1v) is 12.0. The minimum atomic E-state index is -0.0370. The highest BCUT2D eigenvalue weighted by molar-refractivity contribution is 5.96. The van der Waals surface area contributed by atoms with Crippen molar-refractivity contribution >= 4 is 33.7 Å². The Labute approximate surface area is 212 Å². The number of nitrogens with zero attached hydrogens (tertiary/aromatic N) is 5. The maximum absolute atomic E-state index is 12.2. The third-order valence-electron chi connectivity index (χ3n) is 6.03. The minimum Gasteiger partial charge on any atom is -0.336 e. The number of aromatic nitrogens is 7. The Morgan fingerprint density at radius 1 is 0.919 bits per heavy atom. The lowest BCUT2D eigenvalue weighted by molar-refractivity contribution is -0.116. The Bertz CT molecular complexity index is 1740. The van der Waals surface area contributed by atoms with Gasteiger partial charge in [-0.1, -0.05) is 32.0 Å². The smallest absolute Gasteiger partial charge is 0.224 e. The van der Waals surface area contributed by atoms with E-state index in [2.05, 4.69) is 30.5 Å². The maximum Gasteiger partial charge on any atom is 0.224 e. The molecule has 0 fully saturated rings. The third kappa shape index (κ3) is 4.42. The van der Waals surface area contributed by atoms with Gasteiger partial charge in [0.05, 0.1) is 34.1 Å². The lowest BCUT2D eigenvalue weighted by atomic mass is 10.1. The van der Waals surface area contributed by atoms with Crippen molar-refractivity contribution in [3.05, 3.63) is 73.3 Å². The second kappa shape index (κ2) is 9.27. The summed E-state index contributed by atoms with van der Waals surface area (Å²) in [5.74, 6) is 0.860. The van der Waals surface area contributed by atoms with Gasteiger partial charge in [0.15, 0.2) is 11.5 Å². The van der Waals surface area contributed by atoms with E-state index in [0.29, 0.717) is 29.1 Å². The molecular formula is C28H24N8O. The summed E-state index contributed by atoms with van der Waals surface area (Å²) >= 11 is 0. The van der Waals surface area contributed by atoms with Gasteiger partial charge in [0.1, 0.15) is 5.52 Å². The van der Waals surface area contributed by atoms with E-state index in [1.165, 1.54) is 0 Å². The molecule has 1 aromatic carbocycles. The molecule has 0 aliphatic heterocycles. The predicted molar refractivity (Wildman–Crippen MR) is 144 cm³/mol. The van der Waals surface area contributed by atoms with Gasteiger partial charge in [-0.3, -0.25) is 19.9 Å². The Hall–Kier alpha value is -4.92. The largest absolute Gasteiger partial charge is 0.336 e. The molecule has 3 N–H and O–H groups in total. The van der Waals surface area contributed by atoms with Gasteiger partial charge in [-0.25, -0.2) is 9.97 Å².